The molecule has 0 aliphatic carbocycles. The first-order chi connectivity index (χ1) is 8.72. The molecule has 0 fully saturated rings. The van der Waals surface area contributed by atoms with E-state index in [2.05, 4.69) is 17.4 Å². The Hall–Kier alpha value is -1.36. The van der Waals surface area contributed by atoms with E-state index in [-0.39, 0.29) is 6.04 Å². The van der Waals surface area contributed by atoms with Crippen molar-refractivity contribution in [2.45, 2.75) is 25.9 Å². The maximum absolute atomic E-state index is 5.98. The molecule has 1 atom stereocenters. The van der Waals surface area contributed by atoms with Crippen molar-refractivity contribution in [3.8, 4) is 0 Å². The molecule has 5 heteroatoms. The van der Waals surface area contributed by atoms with Crippen molar-refractivity contribution in [1.29, 1.82) is 0 Å². The van der Waals surface area contributed by atoms with Gasteiger partial charge in [-0.05, 0) is 31.0 Å². The molecule has 2 aromatic rings. The number of hydrogen-bond acceptors (Lipinski definition) is 3. The zero-order valence-electron chi connectivity index (χ0n) is 10.3. The summed E-state index contributed by atoms with van der Waals surface area (Å²) in [5.41, 5.74) is 5.06. The average molecular weight is 265 g/mol. The second kappa shape index (κ2) is 6.00. The SMILES string of the molecule is CCn1cc(C(Cc2cccc(Cl)c2)NN)cn1. The van der Waals surface area contributed by atoms with Crippen molar-refractivity contribution in [2.24, 2.45) is 5.84 Å². The molecule has 0 spiro atoms. The first-order valence-corrected chi connectivity index (χ1v) is 6.33. The van der Waals surface area contributed by atoms with Gasteiger partial charge in [0.1, 0.15) is 0 Å². The summed E-state index contributed by atoms with van der Waals surface area (Å²) in [5.74, 6) is 5.62. The molecule has 3 N–H and O–H groups in total. The highest BCUT2D eigenvalue weighted by Gasteiger charge is 2.12. The van der Waals surface area contributed by atoms with Crippen molar-refractivity contribution in [2.75, 3.05) is 0 Å². The summed E-state index contributed by atoms with van der Waals surface area (Å²) in [6, 6.07) is 7.85. The van der Waals surface area contributed by atoms with Crippen LogP contribution in [0.1, 0.15) is 24.1 Å². The highest BCUT2D eigenvalue weighted by atomic mass is 35.5. The van der Waals surface area contributed by atoms with E-state index >= 15 is 0 Å². The molecule has 0 saturated carbocycles. The first kappa shape index (κ1) is 13.1. The van der Waals surface area contributed by atoms with Gasteiger partial charge >= 0.3 is 0 Å². The highest BCUT2D eigenvalue weighted by Crippen LogP contribution is 2.19. The Morgan fingerprint density at radius 2 is 2.33 bits per heavy atom. The maximum Gasteiger partial charge on any atom is 0.0538 e. The fourth-order valence-electron chi connectivity index (χ4n) is 1.91. The molecule has 96 valence electrons. The molecule has 0 aliphatic rings. The lowest BCUT2D eigenvalue weighted by atomic mass is 10.0. The summed E-state index contributed by atoms with van der Waals surface area (Å²) in [4.78, 5) is 0. The average Bonchev–Trinajstić information content (AvgIpc) is 2.84. The third-order valence-electron chi connectivity index (χ3n) is 2.91. The number of nitrogens with one attached hydrogen (secondary N) is 1. The lowest BCUT2D eigenvalue weighted by Crippen LogP contribution is -2.29. The summed E-state index contributed by atoms with van der Waals surface area (Å²) < 4.78 is 1.89. The topological polar surface area (TPSA) is 55.9 Å². The summed E-state index contributed by atoms with van der Waals surface area (Å²) in [5, 5.41) is 5.00. The Morgan fingerprint density at radius 1 is 1.50 bits per heavy atom. The quantitative estimate of drug-likeness (QED) is 0.644. The van der Waals surface area contributed by atoms with Crippen LogP contribution in [0.25, 0.3) is 0 Å². The molecule has 18 heavy (non-hydrogen) atoms. The van der Waals surface area contributed by atoms with Crippen LogP contribution >= 0.6 is 11.6 Å². The van der Waals surface area contributed by atoms with Crippen LogP contribution in [0.15, 0.2) is 36.7 Å². The van der Waals surface area contributed by atoms with Gasteiger partial charge in [0.2, 0.25) is 0 Å². The fourth-order valence-corrected chi connectivity index (χ4v) is 2.12. The Bertz CT molecular complexity index is 509. The number of benzene rings is 1. The van der Waals surface area contributed by atoms with Crippen LogP contribution in [0, 0.1) is 0 Å². The second-order valence-corrected chi connectivity index (χ2v) is 4.62. The molecule has 4 nitrogen and oxygen atoms in total. The van der Waals surface area contributed by atoms with E-state index in [0.29, 0.717) is 0 Å². The van der Waals surface area contributed by atoms with E-state index in [4.69, 9.17) is 17.4 Å². The minimum Gasteiger partial charge on any atom is -0.273 e. The van der Waals surface area contributed by atoms with Crippen molar-refractivity contribution >= 4 is 11.6 Å². The van der Waals surface area contributed by atoms with Gasteiger partial charge in [-0.25, -0.2) is 0 Å². The van der Waals surface area contributed by atoms with E-state index in [1.54, 1.807) is 0 Å². The van der Waals surface area contributed by atoms with Crippen LogP contribution in [0.3, 0.4) is 0 Å². The summed E-state index contributed by atoms with van der Waals surface area (Å²) in [6.07, 6.45) is 4.64. The van der Waals surface area contributed by atoms with Crippen LogP contribution in [-0.4, -0.2) is 9.78 Å². The molecule has 0 radical (unpaired) electrons. The van der Waals surface area contributed by atoms with Gasteiger partial charge in [-0.3, -0.25) is 16.0 Å². The van der Waals surface area contributed by atoms with Crippen LogP contribution in [-0.2, 0) is 13.0 Å². The van der Waals surface area contributed by atoms with E-state index in [1.807, 2.05) is 41.3 Å². The van der Waals surface area contributed by atoms with Crippen LogP contribution in [0.2, 0.25) is 5.02 Å². The number of halogens is 1. The Kier molecular flexibility index (Phi) is 4.36. The van der Waals surface area contributed by atoms with Crippen LogP contribution in [0.5, 0.6) is 0 Å². The molecule has 0 bridgehead atoms. The molecule has 2 rings (SSSR count). The molecule has 1 aromatic carbocycles. The van der Waals surface area contributed by atoms with Gasteiger partial charge in [0.25, 0.3) is 0 Å². The predicted molar refractivity (Wildman–Crippen MR) is 73.1 cm³/mol. The monoisotopic (exact) mass is 264 g/mol. The van der Waals surface area contributed by atoms with Gasteiger partial charge < -0.3 is 0 Å². The molecular weight excluding hydrogens is 248 g/mol. The Balaban J connectivity index is 2.14. The molecular formula is C13H17ClN4. The lowest BCUT2D eigenvalue weighted by molar-refractivity contribution is 0.550. The highest BCUT2D eigenvalue weighted by molar-refractivity contribution is 6.30. The van der Waals surface area contributed by atoms with Crippen LogP contribution < -0.4 is 11.3 Å². The van der Waals surface area contributed by atoms with Gasteiger partial charge in [0.15, 0.2) is 0 Å². The van der Waals surface area contributed by atoms with E-state index in [1.165, 1.54) is 0 Å². The third kappa shape index (κ3) is 3.10. The summed E-state index contributed by atoms with van der Waals surface area (Å²) in [7, 11) is 0. The molecule has 0 saturated heterocycles. The zero-order chi connectivity index (χ0) is 13.0. The van der Waals surface area contributed by atoms with Gasteiger partial charge in [-0.2, -0.15) is 5.10 Å². The largest absolute Gasteiger partial charge is 0.273 e. The zero-order valence-corrected chi connectivity index (χ0v) is 11.1. The number of aromatic nitrogens is 2. The molecule has 0 aliphatic heterocycles. The predicted octanol–water partition coefficient (Wildman–Crippen LogP) is 2.30. The normalized spacial score (nSPS) is 12.6. The number of rotatable bonds is 5. The smallest absolute Gasteiger partial charge is 0.0538 e. The summed E-state index contributed by atoms with van der Waals surface area (Å²) >= 11 is 5.98. The Labute approximate surface area is 112 Å². The number of aryl methyl sites for hydroxylation is 1. The van der Waals surface area contributed by atoms with E-state index in [9.17, 15) is 0 Å². The van der Waals surface area contributed by atoms with Gasteiger partial charge in [0, 0.05) is 23.3 Å². The van der Waals surface area contributed by atoms with E-state index < -0.39 is 0 Å². The number of nitrogens with zero attached hydrogens (tertiary/aromatic N) is 2. The van der Waals surface area contributed by atoms with Gasteiger partial charge in [-0.1, -0.05) is 23.7 Å². The molecule has 1 aromatic heterocycles. The maximum atomic E-state index is 5.98. The Morgan fingerprint density at radius 3 is 2.94 bits per heavy atom. The number of hydrazine groups is 1. The molecule has 1 unspecified atom stereocenters. The van der Waals surface area contributed by atoms with Crippen molar-refractivity contribution in [1.82, 2.24) is 15.2 Å². The lowest BCUT2D eigenvalue weighted by Gasteiger charge is -2.14. The summed E-state index contributed by atoms with van der Waals surface area (Å²) in [6.45, 7) is 2.91. The number of hydrogen-bond donors (Lipinski definition) is 2. The van der Waals surface area contributed by atoms with Crippen molar-refractivity contribution in [3.63, 3.8) is 0 Å². The molecule has 1 heterocycles. The van der Waals surface area contributed by atoms with Gasteiger partial charge in [0.05, 0.1) is 12.2 Å². The fraction of sp³-hybridized carbons (Fsp3) is 0.308. The third-order valence-corrected chi connectivity index (χ3v) is 3.14. The van der Waals surface area contributed by atoms with Crippen LogP contribution in [0.4, 0.5) is 0 Å². The standard InChI is InChI=1S/C13H17ClN4/c1-2-18-9-11(8-16-18)13(17-15)7-10-4-3-5-12(14)6-10/h3-6,8-9,13,17H,2,7,15H2,1H3. The second-order valence-electron chi connectivity index (χ2n) is 4.18. The number of nitrogens with two attached hydrogens (primary N) is 1. The van der Waals surface area contributed by atoms with Crippen molar-refractivity contribution < 1.29 is 0 Å². The minimum absolute atomic E-state index is 0.0452. The van der Waals surface area contributed by atoms with E-state index in [0.717, 1.165) is 29.1 Å². The minimum atomic E-state index is 0.0452. The van der Waals surface area contributed by atoms with Crippen molar-refractivity contribution in [3.05, 3.63) is 52.8 Å². The van der Waals surface area contributed by atoms with Gasteiger partial charge in [-0.15, -0.1) is 0 Å². The molecule has 0 amide bonds. The first-order valence-electron chi connectivity index (χ1n) is 5.96.